The zero-order valence-corrected chi connectivity index (χ0v) is 12.0. The molecule has 5 heteroatoms. The zero-order valence-electron chi connectivity index (χ0n) is 12.0. The summed E-state index contributed by atoms with van der Waals surface area (Å²) in [4.78, 5) is 3.93. The van der Waals surface area contributed by atoms with Gasteiger partial charge < -0.3 is 9.47 Å². The summed E-state index contributed by atoms with van der Waals surface area (Å²) in [5, 5.41) is 17.3. The van der Waals surface area contributed by atoms with E-state index in [1.807, 2.05) is 6.07 Å². The van der Waals surface area contributed by atoms with Crippen LogP contribution in [-0.2, 0) is 0 Å². The normalized spacial score (nSPS) is 9.55. The second-order valence-electron chi connectivity index (χ2n) is 4.53. The van der Waals surface area contributed by atoms with Crippen molar-refractivity contribution in [2.75, 3.05) is 13.2 Å². The molecule has 0 aliphatic heterocycles. The molecule has 0 saturated heterocycles. The van der Waals surface area contributed by atoms with Gasteiger partial charge in [-0.1, -0.05) is 0 Å². The highest BCUT2D eigenvalue weighted by atomic mass is 16.5. The molecule has 22 heavy (non-hydrogen) atoms. The molecule has 0 bridgehead atoms. The van der Waals surface area contributed by atoms with Crippen LogP contribution in [0.5, 0.6) is 11.5 Å². The Morgan fingerprint density at radius 2 is 1.45 bits per heavy atom. The molecule has 0 N–H and O–H groups in total. The zero-order chi connectivity index (χ0) is 15.6. The van der Waals surface area contributed by atoms with Crippen molar-refractivity contribution in [2.45, 2.75) is 12.8 Å². The van der Waals surface area contributed by atoms with Gasteiger partial charge in [0, 0.05) is 0 Å². The van der Waals surface area contributed by atoms with Crippen molar-refractivity contribution >= 4 is 0 Å². The van der Waals surface area contributed by atoms with E-state index in [2.05, 4.69) is 11.1 Å². The Bertz CT molecular complexity index is 606. The molecule has 0 atom stereocenters. The molecule has 1 aromatic heterocycles. The van der Waals surface area contributed by atoms with Crippen LogP contribution < -0.4 is 9.47 Å². The summed E-state index contributed by atoms with van der Waals surface area (Å²) in [6, 6.07) is 14.4. The van der Waals surface area contributed by atoms with Gasteiger partial charge in [0.2, 0.25) is 0 Å². The molecule has 0 amide bonds. The Morgan fingerprint density at radius 3 is 2.00 bits per heavy atom. The minimum atomic E-state index is 0.378. The van der Waals surface area contributed by atoms with E-state index in [9.17, 15) is 0 Å². The van der Waals surface area contributed by atoms with Crippen molar-refractivity contribution in [2.24, 2.45) is 0 Å². The fraction of sp³-hybridized carbons (Fsp3) is 0.235. The van der Waals surface area contributed by atoms with Crippen LogP contribution in [-0.4, -0.2) is 18.2 Å². The molecule has 0 spiro atoms. The van der Waals surface area contributed by atoms with E-state index in [-0.39, 0.29) is 0 Å². The summed E-state index contributed by atoms with van der Waals surface area (Å²) in [6.07, 6.45) is 3.27. The van der Waals surface area contributed by atoms with E-state index in [4.69, 9.17) is 20.0 Å². The van der Waals surface area contributed by atoms with E-state index < -0.39 is 0 Å². The second kappa shape index (κ2) is 8.28. The van der Waals surface area contributed by atoms with Gasteiger partial charge in [-0.3, -0.25) is 0 Å². The molecule has 5 nitrogen and oxygen atoms in total. The number of unbranched alkanes of at least 4 members (excludes halogenated alkanes) is 1. The van der Waals surface area contributed by atoms with Crippen LogP contribution in [0.1, 0.15) is 24.1 Å². The standard InChI is InChI=1S/C17H15N3O2/c18-11-14-3-6-16(7-4-14)21-9-1-2-10-22-17-8-5-15(12-19)20-13-17/h3-8,13H,1-2,9-10H2. The van der Waals surface area contributed by atoms with Crippen molar-refractivity contribution in [1.82, 2.24) is 4.98 Å². The van der Waals surface area contributed by atoms with Gasteiger partial charge in [0.1, 0.15) is 23.3 Å². The summed E-state index contributed by atoms with van der Waals surface area (Å²) in [5.41, 5.74) is 1.000. The van der Waals surface area contributed by atoms with Crippen molar-refractivity contribution in [3.05, 3.63) is 53.9 Å². The Balaban J connectivity index is 1.60. The Kier molecular flexibility index (Phi) is 5.78. The van der Waals surface area contributed by atoms with Gasteiger partial charge in [-0.2, -0.15) is 10.5 Å². The predicted octanol–water partition coefficient (Wildman–Crippen LogP) is 3.06. The van der Waals surface area contributed by atoms with Gasteiger partial charge in [-0.05, 0) is 49.2 Å². The maximum Gasteiger partial charge on any atom is 0.140 e. The molecule has 110 valence electrons. The Morgan fingerprint density at radius 1 is 0.818 bits per heavy atom. The van der Waals surface area contributed by atoms with Crippen molar-refractivity contribution in [3.8, 4) is 23.6 Å². The maximum absolute atomic E-state index is 8.70. The fourth-order valence-electron chi connectivity index (χ4n) is 1.74. The van der Waals surface area contributed by atoms with Crippen LogP contribution in [0.2, 0.25) is 0 Å². The molecule has 0 unspecified atom stereocenters. The molecule has 1 aromatic carbocycles. The number of benzene rings is 1. The third-order valence-corrected chi connectivity index (χ3v) is 2.91. The molecular weight excluding hydrogens is 278 g/mol. The van der Waals surface area contributed by atoms with Gasteiger partial charge >= 0.3 is 0 Å². The number of rotatable bonds is 7. The highest BCUT2D eigenvalue weighted by Crippen LogP contribution is 2.12. The number of ether oxygens (including phenoxy) is 2. The van der Waals surface area contributed by atoms with Crippen LogP contribution in [0.4, 0.5) is 0 Å². The molecule has 2 aromatic rings. The lowest BCUT2D eigenvalue weighted by Crippen LogP contribution is -2.02. The number of nitrogens with zero attached hydrogens (tertiary/aromatic N) is 3. The SMILES string of the molecule is N#Cc1ccc(OCCCCOc2ccc(C#N)nc2)cc1. The van der Waals surface area contributed by atoms with Gasteiger partial charge in [0.15, 0.2) is 0 Å². The lowest BCUT2D eigenvalue weighted by molar-refractivity contribution is 0.266. The number of pyridine rings is 1. The first-order valence-corrected chi connectivity index (χ1v) is 6.94. The van der Waals surface area contributed by atoms with Crippen molar-refractivity contribution in [3.63, 3.8) is 0 Å². The topological polar surface area (TPSA) is 78.9 Å². The summed E-state index contributed by atoms with van der Waals surface area (Å²) in [6.45, 7) is 1.17. The van der Waals surface area contributed by atoms with E-state index in [0.717, 1.165) is 18.6 Å². The molecular formula is C17H15N3O2. The van der Waals surface area contributed by atoms with Crippen LogP contribution in [0, 0.1) is 22.7 Å². The summed E-state index contributed by atoms with van der Waals surface area (Å²) in [7, 11) is 0. The minimum Gasteiger partial charge on any atom is -0.494 e. The van der Waals surface area contributed by atoms with Crippen LogP contribution in [0.3, 0.4) is 0 Å². The fourth-order valence-corrected chi connectivity index (χ4v) is 1.74. The number of aromatic nitrogens is 1. The van der Waals surface area contributed by atoms with Crippen LogP contribution >= 0.6 is 0 Å². The quantitative estimate of drug-likeness (QED) is 0.733. The third-order valence-electron chi connectivity index (χ3n) is 2.91. The summed E-state index contributed by atoms with van der Waals surface area (Å²) < 4.78 is 11.1. The first-order valence-electron chi connectivity index (χ1n) is 6.94. The molecule has 0 radical (unpaired) electrons. The number of nitriles is 2. The lowest BCUT2D eigenvalue weighted by Gasteiger charge is -2.07. The molecule has 0 fully saturated rings. The van der Waals surface area contributed by atoms with Gasteiger partial charge in [-0.25, -0.2) is 4.98 Å². The molecule has 0 saturated carbocycles. The van der Waals surface area contributed by atoms with Crippen molar-refractivity contribution in [1.29, 1.82) is 10.5 Å². The van der Waals surface area contributed by atoms with Gasteiger partial charge in [-0.15, -0.1) is 0 Å². The van der Waals surface area contributed by atoms with Gasteiger partial charge in [0.05, 0.1) is 31.0 Å². The number of hydrogen-bond donors (Lipinski definition) is 0. The second-order valence-corrected chi connectivity index (χ2v) is 4.53. The van der Waals surface area contributed by atoms with E-state index >= 15 is 0 Å². The maximum atomic E-state index is 8.70. The molecule has 1 heterocycles. The Labute approximate surface area is 129 Å². The lowest BCUT2D eigenvalue weighted by atomic mass is 10.2. The average Bonchev–Trinajstić information content (AvgIpc) is 2.59. The molecule has 0 aliphatic carbocycles. The van der Waals surface area contributed by atoms with Crippen LogP contribution in [0.15, 0.2) is 42.6 Å². The molecule has 2 rings (SSSR count). The summed E-state index contributed by atoms with van der Waals surface area (Å²) >= 11 is 0. The highest BCUT2D eigenvalue weighted by molar-refractivity contribution is 5.34. The monoisotopic (exact) mass is 293 g/mol. The average molecular weight is 293 g/mol. The first-order chi connectivity index (χ1) is 10.8. The van der Waals surface area contributed by atoms with Crippen molar-refractivity contribution < 1.29 is 9.47 Å². The smallest absolute Gasteiger partial charge is 0.140 e. The van der Waals surface area contributed by atoms with E-state index in [1.165, 1.54) is 0 Å². The minimum absolute atomic E-state index is 0.378. The first kappa shape index (κ1) is 15.3. The van der Waals surface area contributed by atoms with E-state index in [0.29, 0.717) is 30.2 Å². The molecule has 0 aliphatic rings. The highest BCUT2D eigenvalue weighted by Gasteiger charge is 1.97. The Hall–Kier alpha value is -3.05. The van der Waals surface area contributed by atoms with Gasteiger partial charge in [0.25, 0.3) is 0 Å². The number of hydrogen-bond acceptors (Lipinski definition) is 5. The van der Waals surface area contributed by atoms with E-state index in [1.54, 1.807) is 42.6 Å². The summed E-state index contributed by atoms with van der Waals surface area (Å²) in [5.74, 6) is 1.42. The largest absolute Gasteiger partial charge is 0.494 e. The predicted molar refractivity (Wildman–Crippen MR) is 80.3 cm³/mol. The third kappa shape index (κ3) is 4.81. The van der Waals surface area contributed by atoms with Crippen LogP contribution in [0.25, 0.3) is 0 Å².